The van der Waals surface area contributed by atoms with Crippen molar-refractivity contribution in [1.29, 1.82) is 0 Å². The fraction of sp³-hybridized carbons (Fsp3) is 0.143. The van der Waals surface area contributed by atoms with Crippen molar-refractivity contribution >= 4 is 17.9 Å². The molecule has 0 amide bonds. The molecule has 0 bridgehead atoms. The predicted molar refractivity (Wildman–Crippen MR) is 89.6 cm³/mol. The first-order valence-corrected chi connectivity index (χ1v) is 6.91. The number of benzene rings is 1. The monoisotopic (exact) mass is 346 g/mol. The number of nitrogens with zero attached hydrogens (tertiary/aromatic N) is 4. The quantitative estimate of drug-likeness (QED) is 0.361. The molecule has 1 aromatic heterocycles. The molecule has 0 aliphatic carbocycles. The van der Waals surface area contributed by atoms with Crippen LogP contribution in [0.3, 0.4) is 0 Å². The van der Waals surface area contributed by atoms with Gasteiger partial charge >= 0.3 is 0 Å². The van der Waals surface area contributed by atoms with Gasteiger partial charge in [0.05, 0.1) is 11.1 Å². The minimum Gasteiger partial charge on any atom is -0.455 e. The van der Waals surface area contributed by atoms with Crippen LogP contribution in [0.1, 0.15) is 16.9 Å². The van der Waals surface area contributed by atoms with Gasteiger partial charge in [0.2, 0.25) is 0 Å². The first-order chi connectivity index (χ1) is 11.8. The summed E-state index contributed by atoms with van der Waals surface area (Å²) in [4.78, 5) is 20.8. The Hall–Kier alpha value is -3.76. The van der Waals surface area contributed by atoms with Crippen LogP contribution in [0.2, 0.25) is 0 Å². The Kier molecular flexibility index (Phi) is 5.07. The third-order valence-electron chi connectivity index (χ3n) is 3.17. The number of aryl methyl sites for hydroxylation is 1. The highest BCUT2D eigenvalue weighted by Crippen LogP contribution is 2.32. The van der Waals surface area contributed by atoms with Gasteiger partial charge in [0, 0.05) is 17.2 Å². The highest BCUT2D eigenvalue weighted by Gasteiger charge is 2.17. The molecule has 11 nitrogen and oxygen atoms in total. The molecular formula is C14H14N6O5. The van der Waals surface area contributed by atoms with Crippen LogP contribution in [0.4, 0.5) is 5.69 Å². The highest BCUT2D eigenvalue weighted by atomic mass is 16.7. The lowest BCUT2D eigenvalue weighted by atomic mass is 10.0. The molecule has 1 heterocycles. The molecule has 3 N–H and O–H groups in total. The smallest absolute Gasteiger partial charge is 0.286 e. The van der Waals surface area contributed by atoms with E-state index in [-0.39, 0.29) is 5.69 Å². The second kappa shape index (κ2) is 7.21. The lowest BCUT2D eigenvalue weighted by molar-refractivity contribution is -0.485. The van der Waals surface area contributed by atoms with E-state index in [1.54, 1.807) is 32.0 Å². The van der Waals surface area contributed by atoms with E-state index in [0.29, 0.717) is 22.6 Å². The number of rotatable bonds is 5. The molecule has 0 aliphatic heterocycles. The molecule has 0 radical (unpaired) electrons. The number of nitro benzene ring substituents is 1. The molecule has 130 valence electrons. The molecule has 0 atom stereocenters. The predicted octanol–water partition coefficient (Wildman–Crippen LogP) is 1.90. The van der Waals surface area contributed by atoms with Gasteiger partial charge in [-0.3, -0.25) is 10.1 Å². The number of furan rings is 1. The zero-order valence-electron chi connectivity index (χ0n) is 13.3. The van der Waals surface area contributed by atoms with Gasteiger partial charge in [0.15, 0.2) is 5.03 Å². The number of nitrogens with one attached hydrogen (secondary N) is 1. The summed E-state index contributed by atoms with van der Waals surface area (Å²) in [6, 6.07) is 6.50. The van der Waals surface area contributed by atoms with E-state index in [4.69, 9.17) is 10.2 Å². The Labute approximate surface area is 141 Å². The van der Waals surface area contributed by atoms with Crippen LogP contribution < -0.4 is 11.2 Å². The molecule has 11 heteroatoms. The maximum atomic E-state index is 11.1. The molecule has 0 fully saturated rings. The van der Waals surface area contributed by atoms with E-state index < -0.39 is 15.9 Å². The number of hydrazone groups is 2. The molecule has 0 saturated heterocycles. The topological polar surface area (TPSA) is 162 Å². The van der Waals surface area contributed by atoms with E-state index in [1.165, 1.54) is 12.3 Å². The highest BCUT2D eigenvalue weighted by molar-refractivity contribution is 5.81. The second-order valence-corrected chi connectivity index (χ2v) is 5.01. The summed E-state index contributed by atoms with van der Waals surface area (Å²) in [5.41, 5.74) is 9.17. The lowest BCUT2D eigenvalue weighted by Crippen LogP contribution is -2.28. The molecule has 2 aromatic rings. The first-order valence-electron chi connectivity index (χ1n) is 6.91. The van der Waals surface area contributed by atoms with Gasteiger partial charge in [-0.05, 0) is 37.6 Å². The molecule has 0 spiro atoms. The van der Waals surface area contributed by atoms with E-state index in [9.17, 15) is 20.2 Å². The molecule has 2 rings (SSSR count). The van der Waals surface area contributed by atoms with Crippen LogP contribution in [0.15, 0.2) is 38.9 Å². The number of guanidine groups is 1. The molecule has 0 aliphatic rings. The summed E-state index contributed by atoms with van der Waals surface area (Å²) in [5, 5.41) is 26.7. The molecular weight excluding hydrogens is 332 g/mol. The normalized spacial score (nSPS) is 11.7. The van der Waals surface area contributed by atoms with E-state index in [1.807, 2.05) is 0 Å². The van der Waals surface area contributed by atoms with Gasteiger partial charge in [0.25, 0.3) is 11.6 Å². The number of nitro groups is 2. The van der Waals surface area contributed by atoms with Crippen molar-refractivity contribution < 1.29 is 14.4 Å². The van der Waals surface area contributed by atoms with Crippen LogP contribution >= 0.6 is 0 Å². The van der Waals surface area contributed by atoms with Crippen LogP contribution in [0, 0.1) is 34.1 Å². The number of nitrogens with two attached hydrogens (primary N) is 1. The maximum Gasteiger partial charge on any atom is 0.286 e. The first kappa shape index (κ1) is 17.6. The maximum absolute atomic E-state index is 11.1. The van der Waals surface area contributed by atoms with Gasteiger partial charge in [-0.1, -0.05) is 0 Å². The van der Waals surface area contributed by atoms with Crippen molar-refractivity contribution in [1.82, 2.24) is 5.43 Å². The zero-order valence-corrected chi connectivity index (χ0v) is 13.3. The average Bonchev–Trinajstić information content (AvgIpc) is 2.96. The summed E-state index contributed by atoms with van der Waals surface area (Å²) >= 11 is 0. The van der Waals surface area contributed by atoms with Gasteiger partial charge in [-0.15, -0.1) is 0 Å². The largest absolute Gasteiger partial charge is 0.455 e. The second-order valence-electron chi connectivity index (χ2n) is 5.01. The van der Waals surface area contributed by atoms with Crippen molar-refractivity contribution in [2.75, 3.05) is 0 Å². The fourth-order valence-electron chi connectivity index (χ4n) is 2.12. The Morgan fingerprint density at radius 2 is 2.00 bits per heavy atom. The summed E-state index contributed by atoms with van der Waals surface area (Å²) in [5.74, 6) is 0.260. The molecule has 0 saturated carbocycles. The third-order valence-corrected chi connectivity index (χ3v) is 3.17. The van der Waals surface area contributed by atoms with E-state index in [2.05, 4.69) is 15.6 Å². The summed E-state index contributed by atoms with van der Waals surface area (Å²) in [7, 11) is 0. The van der Waals surface area contributed by atoms with Crippen molar-refractivity contribution in [3.8, 4) is 11.3 Å². The van der Waals surface area contributed by atoms with Crippen LogP contribution in [-0.2, 0) is 0 Å². The summed E-state index contributed by atoms with van der Waals surface area (Å²) in [6.07, 6.45) is 1.24. The van der Waals surface area contributed by atoms with E-state index >= 15 is 0 Å². The van der Waals surface area contributed by atoms with Crippen molar-refractivity contribution in [3.63, 3.8) is 0 Å². The molecule has 1 aromatic carbocycles. The van der Waals surface area contributed by atoms with Gasteiger partial charge < -0.3 is 10.2 Å². The van der Waals surface area contributed by atoms with Crippen LogP contribution in [0.5, 0.6) is 0 Å². The third kappa shape index (κ3) is 4.37. The fourth-order valence-corrected chi connectivity index (χ4v) is 2.12. The van der Waals surface area contributed by atoms with Crippen LogP contribution in [-0.4, -0.2) is 22.1 Å². The Balaban J connectivity index is 2.25. The minimum absolute atomic E-state index is 0.00653. The standard InChI is InChI=1S/C14H14N6O5/c1-8-5-11(9(2)12(6-8)19(21)22)13-4-3-10(25-13)7-16-17-14(15)18-20(23)24/h3-7H,1-2H3,(H3,15,17,18). The zero-order chi connectivity index (χ0) is 18.6. The average molecular weight is 346 g/mol. The summed E-state index contributed by atoms with van der Waals surface area (Å²) < 4.78 is 5.58. The van der Waals surface area contributed by atoms with Gasteiger partial charge in [-0.25, -0.2) is 15.5 Å². The minimum atomic E-state index is -0.962. The van der Waals surface area contributed by atoms with Crippen LogP contribution in [0.25, 0.3) is 11.3 Å². The van der Waals surface area contributed by atoms with Gasteiger partial charge in [-0.2, -0.15) is 5.10 Å². The summed E-state index contributed by atoms with van der Waals surface area (Å²) in [6.45, 7) is 3.39. The Morgan fingerprint density at radius 1 is 1.28 bits per heavy atom. The van der Waals surface area contributed by atoms with E-state index in [0.717, 1.165) is 5.56 Å². The lowest BCUT2D eigenvalue weighted by Gasteiger charge is -2.05. The van der Waals surface area contributed by atoms with Gasteiger partial charge in [0.1, 0.15) is 16.6 Å². The molecule has 25 heavy (non-hydrogen) atoms. The Bertz CT molecular complexity index is 886. The SMILES string of the molecule is Cc1cc(-c2ccc(C=NNC(N)=N[N+](=O)[O-])o2)c(C)c([N+](=O)[O-])c1. The van der Waals surface area contributed by atoms with Crippen molar-refractivity contribution in [2.45, 2.75) is 13.8 Å². The number of hydrogen-bond donors (Lipinski definition) is 2. The van der Waals surface area contributed by atoms with Crippen molar-refractivity contribution in [2.24, 2.45) is 15.9 Å². The number of hydrogen-bond acceptors (Lipinski definition) is 6. The van der Waals surface area contributed by atoms with Crippen molar-refractivity contribution in [3.05, 3.63) is 61.4 Å². The molecule has 0 unspecified atom stereocenters. The Morgan fingerprint density at radius 3 is 2.64 bits per heavy atom.